The van der Waals surface area contributed by atoms with Gasteiger partial charge in [0.15, 0.2) is 12.2 Å². The number of hydrogen-bond acceptors (Lipinski definition) is 4. The van der Waals surface area contributed by atoms with E-state index in [4.69, 9.17) is 14.6 Å². The molecule has 1 aliphatic rings. The zero-order valence-electron chi connectivity index (χ0n) is 16.7. The van der Waals surface area contributed by atoms with Gasteiger partial charge in [0.1, 0.15) is 6.10 Å². The van der Waals surface area contributed by atoms with Crippen molar-refractivity contribution in [3.63, 3.8) is 0 Å². The third-order valence-corrected chi connectivity index (χ3v) is 4.81. The molecule has 0 aliphatic carbocycles. The van der Waals surface area contributed by atoms with Crippen LogP contribution in [0.3, 0.4) is 0 Å². The first kappa shape index (κ1) is 21.0. The van der Waals surface area contributed by atoms with Gasteiger partial charge in [0.2, 0.25) is 0 Å². The molecule has 2 aromatic carbocycles. The highest BCUT2D eigenvalue weighted by Gasteiger charge is 2.51. The van der Waals surface area contributed by atoms with Crippen molar-refractivity contribution >= 4 is 11.9 Å². The molecule has 1 amide bonds. The van der Waals surface area contributed by atoms with Gasteiger partial charge in [-0.05, 0) is 23.5 Å². The minimum Gasteiger partial charge on any atom is -0.479 e. The van der Waals surface area contributed by atoms with Crippen LogP contribution >= 0.6 is 0 Å². The molecule has 154 valence electrons. The molecule has 0 aromatic heterocycles. The number of carbonyl (C=O) groups is 2. The Morgan fingerprint density at radius 3 is 2.21 bits per heavy atom. The Labute approximate surface area is 170 Å². The van der Waals surface area contributed by atoms with Gasteiger partial charge in [-0.15, -0.1) is 0 Å². The predicted molar refractivity (Wildman–Crippen MR) is 108 cm³/mol. The first-order valence-electron chi connectivity index (χ1n) is 9.85. The van der Waals surface area contributed by atoms with Crippen molar-refractivity contribution in [2.75, 3.05) is 0 Å². The number of benzene rings is 2. The molecule has 1 aliphatic heterocycles. The Morgan fingerprint density at radius 1 is 1.03 bits per heavy atom. The molecular formula is C23H27NO5. The first-order valence-corrected chi connectivity index (χ1v) is 9.85. The van der Waals surface area contributed by atoms with Crippen molar-refractivity contribution in [2.24, 2.45) is 5.92 Å². The van der Waals surface area contributed by atoms with E-state index in [2.05, 4.69) is 19.2 Å². The number of ether oxygens (including phenoxy) is 2. The lowest BCUT2D eigenvalue weighted by molar-refractivity contribution is -0.138. The molecule has 6 heteroatoms. The van der Waals surface area contributed by atoms with E-state index in [0.29, 0.717) is 18.9 Å². The average molecular weight is 397 g/mol. The van der Waals surface area contributed by atoms with E-state index in [1.165, 1.54) is 0 Å². The summed E-state index contributed by atoms with van der Waals surface area (Å²) in [6.45, 7) is 4.56. The van der Waals surface area contributed by atoms with Crippen molar-refractivity contribution in [3.05, 3.63) is 71.8 Å². The Kier molecular flexibility index (Phi) is 7.01. The van der Waals surface area contributed by atoms with Crippen LogP contribution in [0.25, 0.3) is 0 Å². The molecule has 4 atom stereocenters. The van der Waals surface area contributed by atoms with Crippen LogP contribution in [0.15, 0.2) is 60.7 Å². The Bertz CT molecular complexity index is 809. The van der Waals surface area contributed by atoms with Crippen LogP contribution in [0.5, 0.6) is 0 Å². The molecular weight excluding hydrogens is 370 g/mol. The van der Waals surface area contributed by atoms with E-state index in [1.54, 1.807) is 0 Å². The molecule has 29 heavy (non-hydrogen) atoms. The summed E-state index contributed by atoms with van der Waals surface area (Å²) in [5.74, 6) is -1.22. The third-order valence-electron chi connectivity index (χ3n) is 4.81. The van der Waals surface area contributed by atoms with E-state index < -0.39 is 24.1 Å². The first-order chi connectivity index (χ1) is 14.0. The fraction of sp³-hybridized carbons (Fsp3) is 0.391. The molecule has 1 saturated heterocycles. The molecule has 0 spiro atoms. The molecule has 2 aromatic rings. The summed E-state index contributed by atoms with van der Waals surface area (Å²) in [7, 11) is 0. The molecule has 6 nitrogen and oxygen atoms in total. The topological polar surface area (TPSA) is 88.2 Å². The van der Waals surface area contributed by atoms with Gasteiger partial charge >= 0.3 is 5.97 Å². The number of aliphatic carboxylic acids is 1. The van der Waals surface area contributed by atoms with Gasteiger partial charge in [-0.2, -0.15) is 0 Å². The van der Waals surface area contributed by atoms with Crippen molar-refractivity contribution in [3.8, 4) is 0 Å². The fourth-order valence-corrected chi connectivity index (χ4v) is 3.38. The number of nitrogens with one attached hydrogen (secondary N) is 1. The number of hydrogen-bond donors (Lipinski definition) is 2. The largest absolute Gasteiger partial charge is 0.479 e. The lowest BCUT2D eigenvalue weighted by atomic mass is 9.94. The second-order valence-electron chi connectivity index (χ2n) is 7.69. The summed E-state index contributed by atoms with van der Waals surface area (Å²) in [6.07, 6.45) is -1.68. The number of carbonyl (C=O) groups excluding carboxylic acids is 1. The van der Waals surface area contributed by atoms with Gasteiger partial charge < -0.3 is 19.9 Å². The van der Waals surface area contributed by atoms with Crippen LogP contribution in [0.1, 0.15) is 37.5 Å². The molecule has 1 unspecified atom stereocenters. The quantitative estimate of drug-likeness (QED) is 0.601. The lowest BCUT2D eigenvalue weighted by Crippen LogP contribution is -2.43. The number of rotatable bonds is 10. The minimum atomic E-state index is -1.12. The molecule has 0 saturated carbocycles. The maximum absolute atomic E-state index is 12.6. The maximum atomic E-state index is 12.6. The zero-order valence-corrected chi connectivity index (χ0v) is 16.7. The second kappa shape index (κ2) is 9.67. The van der Waals surface area contributed by atoms with Gasteiger partial charge in [-0.1, -0.05) is 74.5 Å². The minimum absolute atomic E-state index is 0.308. The van der Waals surface area contributed by atoms with Crippen LogP contribution in [-0.4, -0.2) is 35.2 Å². The summed E-state index contributed by atoms with van der Waals surface area (Å²) >= 11 is 0. The van der Waals surface area contributed by atoms with E-state index in [1.807, 2.05) is 60.7 Å². The number of amides is 1. The summed E-state index contributed by atoms with van der Waals surface area (Å²) in [5.41, 5.74) is 2.00. The van der Waals surface area contributed by atoms with E-state index >= 15 is 0 Å². The number of carboxylic acids is 1. The fourth-order valence-electron chi connectivity index (χ4n) is 3.38. The Balaban J connectivity index is 1.78. The summed E-state index contributed by atoms with van der Waals surface area (Å²) in [6, 6.07) is 19.3. The van der Waals surface area contributed by atoms with Gasteiger partial charge in [0, 0.05) is 0 Å². The predicted octanol–water partition coefficient (Wildman–Crippen LogP) is 3.33. The molecule has 3 rings (SSSR count). The molecule has 0 radical (unpaired) electrons. The number of carboxylic acid groups (broad SMARTS) is 1. The number of epoxide rings is 1. The van der Waals surface area contributed by atoms with E-state index in [9.17, 15) is 9.59 Å². The normalized spacial score (nSPS) is 20.1. The highest BCUT2D eigenvalue weighted by Crippen LogP contribution is 2.29. The van der Waals surface area contributed by atoms with Crippen molar-refractivity contribution in [2.45, 2.75) is 51.2 Å². The highest BCUT2D eigenvalue weighted by molar-refractivity contribution is 5.92. The van der Waals surface area contributed by atoms with Gasteiger partial charge in [0.05, 0.1) is 12.6 Å². The van der Waals surface area contributed by atoms with Gasteiger partial charge in [-0.25, -0.2) is 4.79 Å². The van der Waals surface area contributed by atoms with Crippen molar-refractivity contribution in [1.82, 2.24) is 5.32 Å². The van der Waals surface area contributed by atoms with Gasteiger partial charge in [0.25, 0.3) is 5.91 Å². The lowest BCUT2D eigenvalue weighted by Gasteiger charge is -2.30. The Morgan fingerprint density at radius 2 is 1.66 bits per heavy atom. The van der Waals surface area contributed by atoms with Crippen molar-refractivity contribution in [1.29, 1.82) is 0 Å². The molecule has 2 N–H and O–H groups in total. The highest BCUT2D eigenvalue weighted by atomic mass is 16.6. The standard InChI is InChI=1S/C23H27NO5/c1-15(2)13-18(24-22(25)20-21(29-20)23(26)27)19(17-11-7-4-8-12-17)28-14-16-9-5-3-6-10-16/h3-12,15,18-21H,13-14H2,1-2H3,(H,24,25)(H,26,27)/t18?,19-,20-,21-/m0/s1. The summed E-state index contributed by atoms with van der Waals surface area (Å²) in [5, 5.41) is 12.0. The van der Waals surface area contributed by atoms with Crippen molar-refractivity contribution < 1.29 is 24.2 Å². The van der Waals surface area contributed by atoms with Crippen LogP contribution in [-0.2, 0) is 25.7 Å². The molecule has 0 bridgehead atoms. The van der Waals surface area contributed by atoms with Crippen LogP contribution in [0, 0.1) is 5.92 Å². The Hall–Kier alpha value is -2.70. The monoisotopic (exact) mass is 397 g/mol. The smallest absolute Gasteiger partial charge is 0.336 e. The van der Waals surface area contributed by atoms with Gasteiger partial charge in [-0.3, -0.25) is 4.79 Å². The average Bonchev–Trinajstić information content (AvgIpc) is 3.50. The van der Waals surface area contributed by atoms with Crippen LogP contribution in [0.4, 0.5) is 0 Å². The molecule has 1 fully saturated rings. The van der Waals surface area contributed by atoms with E-state index in [0.717, 1.165) is 11.1 Å². The van der Waals surface area contributed by atoms with Crippen LogP contribution in [0.2, 0.25) is 0 Å². The van der Waals surface area contributed by atoms with Crippen LogP contribution < -0.4 is 5.32 Å². The maximum Gasteiger partial charge on any atom is 0.336 e. The summed E-state index contributed by atoms with van der Waals surface area (Å²) < 4.78 is 11.3. The molecule has 1 heterocycles. The second-order valence-corrected chi connectivity index (χ2v) is 7.69. The van der Waals surface area contributed by atoms with E-state index in [-0.39, 0.29) is 12.1 Å². The zero-order chi connectivity index (χ0) is 20.8. The third kappa shape index (κ3) is 5.89. The summed E-state index contributed by atoms with van der Waals surface area (Å²) in [4.78, 5) is 23.6. The SMILES string of the molecule is CC(C)CC(NC(=O)[C@H]1O[C@@H]1C(=O)O)[C@@H](OCc1ccccc1)c1ccccc1.